The molecule has 1 aliphatic heterocycles. The lowest BCUT2D eigenvalue weighted by Crippen LogP contribution is -2.36. The lowest BCUT2D eigenvalue weighted by Gasteiger charge is -2.33. The molecule has 0 aliphatic carbocycles. The number of rotatable bonds is 4. The molecule has 3 heterocycles. The van der Waals surface area contributed by atoms with Gasteiger partial charge in [0.1, 0.15) is 5.82 Å². The largest absolute Gasteiger partial charge is 0.368 e. The second-order valence-electron chi connectivity index (χ2n) is 6.10. The van der Waals surface area contributed by atoms with Crippen molar-refractivity contribution < 1.29 is 0 Å². The fraction of sp³-hybridized carbons (Fsp3) is 0.562. The van der Waals surface area contributed by atoms with Gasteiger partial charge in [0.25, 0.3) is 0 Å². The normalized spacial score (nSPS) is 16.2. The number of aryl methyl sites for hydroxylation is 2. The van der Waals surface area contributed by atoms with E-state index in [4.69, 9.17) is 5.73 Å². The van der Waals surface area contributed by atoms with Crippen LogP contribution in [0.15, 0.2) is 18.6 Å². The average molecular weight is 300 g/mol. The maximum Gasteiger partial charge on any atom is 0.221 e. The van der Waals surface area contributed by atoms with E-state index >= 15 is 0 Å². The Labute approximate surface area is 131 Å². The summed E-state index contributed by atoms with van der Waals surface area (Å²) in [7, 11) is 0. The Bertz CT molecular complexity index is 627. The molecule has 6 heteroatoms. The molecule has 1 aliphatic rings. The van der Waals surface area contributed by atoms with Gasteiger partial charge in [-0.05, 0) is 37.7 Å². The molecule has 1 fully saturated rings. The maximum atomic E-state index is 5.76. The van der Waals surface area contributed by atoms with Crippen LogP contribution in [0, 0.1) is 12.8 Å². The summed E-state index contributed by atoms with van der Waals surface area (Å²) < 4.78 is 2.07. The number of piperidine rings is 1. The van der Waals surface area contributed by atoms with E-state index in [2.05, 4.69) is 44.7 Å². The fourth-order valence-electron chi connectivity index (χ4n) is 3.09. The molecule has 22 heavy (non-hydrogen) atoms. The molecule has 0 aromatic carbocycles. The van der Waals surface area contributed by atoms with E-state index in [1.54, 1.807) is 0 Å². The minimum Gasteiger partial charge on any atom is -0.368 e. The van der Waals surface area contributed by atoms with Gasteiger partial charge < -0.3 is 10.6 Å². The van der Waals surface area contributed by atoms with Gasteiger partial charge in [-0.3, -0.25) is 4.68 Å². The zero-order valence-corrected chi connectivity index (χ0v) is 13.4. The number of nitrogen functional groups attached to an aromatic ring is 1. The van der Waals surface area contributed by atoms with Gasteiger partial charge in [-0.2, -0.15) is 10.1 Å². The van der Waals surface area contributed by atoms with Gasteiger partial charge in [0.05, 0.1) is 6.20 Å². The SMILES string of the molecule is CCc1cnc(N)nc1N1CCC(Cn2cc(C)cn2)CC1. The number of aromatic nitrogens is 4. The van der Waals surface area contributed by atoms with E-state index in [0.717, 1.165) is 44.7 Å². The highest BCUT2D eigenvalue weighted by Gasteiger charge is 2.22. The molecule has 0 amide bonds. The first-order chi connectivity index (χ1) is 10.7. The van der Waals surface area contributed by atoms with Crippen LogP contribution in [0.5, 0.6) is 0 Å². The Balaban J connectivity index is 1.63. The summed E-state index contributed by atoms with van der Waals surface area (Å²) in [5, 5.41) is 4.39. The molecular weight excluding hydrogens is 276 g/mol. The zero-order valence-electron chi connectivity index (χ0n) is 13.4. The predicted molar refractivity (Wildman–Crippen MR) is 87.7 cm³/mol. The van der Waals surface area contributed by atoms with Crippen LogP contribution in [0.25, 0.3) is 0 Å². The third-order valence-electron chi connectivity index (χ3n) is 4.36. The molecule has 3 rings (SSSR count). The van der Waals surface area contributed by atoms with Gasteiger partial charge in [0.15, 0.2) is 0 Å². The average Bonchev–Trinajstić information content (AvgIpc) is 2.93. The third-order valence-corrected chi connectivity index (χ3v) is 4.36. The molecular formula is C16H24N6. The van der Waals surface area contributed by atoms with Gasteiger partial charge in [-0.25, -0.2) is 4.98 Å². The minimum atomic E-state index is 0.362. The topological polar surface area (TPSA) is 72.9 Å². The van der Waals surface area contributed by atoms with Crippen LogP contribution in [0.3, 0.4) is 0 Å². The van der Waals surface area contributed by atoms with Gasteiger partial charge in [0, 0.05) is 37.6 Å². The fourth-order valence-corrected chi connectivity index (χ4v) is 3.09. The van der Waals surface area contributed by atoms with Crippen LogP contribution >= 0.6 is 0 Å². The molecule has 2 aromatic rings. The van der Waals surface area contributed by atoms with Crippen LogP contribution in [-0.2, 0) is 13.0 Å². The summed E-state index contributed by atoms with van der Waals surface area (Å²) in [6.45, 7) is 7.26. The monoisotopic (exact) mass is 300 g/mol. The van der Waals surface area contributed by atoms with Crippen molar-refractivity contribution in [3.8, 4) is 0 Å². The second-order valence-corrected chi connectivity index (χ2v) is 6.10. The molecule has 1 saturated heterocycles. The summed E-state index contributed by atoms with van der Waals surface area (Å²) in [4.78, 5) is 10.9. The predicted octanol–water partition coefficient (Wildman–Crippen LogP) is 2.04. The molecule has 0 atom stereocenters. The number of nitrogens with two attached hydrogens (primary N) is 1. The van der Waals surface area contributed by atoms with Crippen molar-refractivity contribution in [2.75, 3.05) is 23.7 Å². The van der Waals surface area contributed by atoms with E-state index in [1.165, 1.54) is 11.1 Å². The number of anilines is 2. The maximum absolute atomic E-state index is 5.76. The van der Waals surface area contributed by atoms with E-state index in [1.807, 2.05) is 12.4 Å². The van der Waals surface area contributed by atoms with Crippen molar-refractivity contribution >= 4 is 11.8 Å². The van der Waals surface area contributed by atoms with Crippen molar-refractivity contribution in [3.05, 3.63) is 29.7 Å². The molecule has 6 nitrogen and oxygen atoms in total. The first-order valence-electron chi connectivity index (χ1n) is 8.01. The van der Waals surface area contributed by atoms with Crippen molar-refractivity contribution in [1.82, 2.24) is 19.7 Å². The zero-order chi connectivity index (χ0) is 15.5. The van der Waals surface area contributed by atoms with Crippen LogP contribution in [0.1, 0.15) is 30.9 Å². The molecule has 0 spiro atoms. The van der Waals surface area contributed by atoms with Crippen molar-refractivity contribution in [2.24, 2.45) is 5.92 Å². The molecule has 0 radical (unpaired) electrons. The number of nitrogens with zero attached hydrogens (tertiary/aromatic N) is 5. The lowest BCUT2D eigenvalue weighted by atomic mass is 9.96. The van der Waals surface area contributed by atoms with Crippen molar-refractivity contribution in [3.63, 3.8) is 0 Å². The Morgan fingerprint density at radius 2 is 2.05 bits per heavy atom. The highest BCUT2D eigenvalue weighted by atomic mass is 15.3. The Kier molecular flexibility index (Phi) is 4.27. The Morgan fingerprint density at radius 1 is 1.27 bits per heavy atom. The summed E-state index contributed by atoms with van der Waals surface area (Å²) in [6.07, 6.45) is 9.15. The number of hydrogen-bond donors (Lipinski definition) is 1. The summed E-state index contributed by atoms with van der Waals surface area (Å²) in [5.41, 5.74) is 8.16. The lowest BCUT2D eigenvalue weighted by molar-refractivity contribution is 0.341. The standard InChI is InChI=1S/C16H24N6/c1-3-14-9-18-16(17)20-15(14)21-6-4-13(5-7-21)11-22-10-12(2)8-19-22/h8-10,13H,3-7,11H2,1-2H3,(H2,17,18,20). The molecule has 2 N–H and O–H groups in total. The van der Waals surface area contributed by atoms with E-state index in [-0.39, 0.29) is 0 Å². The van der Waals surface area contributed by atoms with Crippen LogP contribution in [0.2, 0.25) is 0 Å². The number of hydrogen-bond acceptors (Lipinski definition) is 5. The minimum absolute atomic E-state index is 0.362. The molecule has 118 valence electrons. The van der Waals surface area contributed by atoms with E-state index < -0.39 is 0 Å². The van der Waals surface area contributed by atoms with Crippen LogP contribution in [-0.4, -0.2) is 32.8 Å². The quantitative estimate of drug-likeness (QED) is 0.935. The second kappa shape index (κ2) is 6.34. The van der Waals surface area contributed by atoms with Crippen LogP contribution in [0.4, 0.5) is 11.8 Å². The highest BCUT2D eigenvalue weighted by Crippen LogP contribution is 2.26. The summed E-state index contributed by atoms with van der Waals surface area (Å²) in [5.74, 6) is 2.06. The van der Waals surface area contributed by atoms with Crippen LogP contribution < -0.4 is 10.6 Å². The third kappa shape index (κ3) is 3.21. The Hall–Kier alpha value is -2.11. The summed E-state index contributed by atoms with van der Waals surface area (Å²) in [6, 6.07) is 0. The van der Waals surface area contributed by atoms with E-state index in [9.17, 15) is 0 Å². The first-order valence-corrected chi connectivity index (χ1v) is 8.01. The highest BCUT2D eigenvalue weighted by molar-refractivity contribution is 5.49. The summed E-state index contributed by atoms with van der Waals surface area (Å²) >= 11 is 0. The Morgan fingerprint density at radius 3 is 2.68 bits per heavy atom. The first kappa shape index (κ1) is 14.8. The van der Waals surface area contributed by atoms with Gasteiger partial charge in [-0.15, -0.1) is 0 Å². The van der Waals surface area contributed by atoms with E-state index in [0.29, 0.717) is 11.9 Å². The molecule has 0 saturated carbocycles. The molecule has 0 bridgehead atoms. The van der Waals surface area contributed by atoms with Gasteiger partial charge >= 0.3 is 0 Å². The van der Waals surface area contributed by atoms with Crippen molar-refractivity contribution in [1.29, 1.82) is 0 Å². The molecule has 2 aromatic heterocycles. The molecule has 0 unspecified atom stereocenters. The van der Waals surface area contributed by atoms with Gasteiger partial charge in [-0.1, -0.05) is 6.92 Å². The smallest absolute Gasteiger partial charge is 0.221 e. The van der Waals surface area contributed by atoms with Crippen molar-refractivity contribution in [2.45, 2.75) is 39.7 Å². The van der Waals surface area contributed by atoms with Gasteiger partial charge in [0.2, 0.25) is 5.95 Å².